The molecule has 6 heteroatoms. The van der Waals surface area contributed by atoms with Crippen LogP contribution in [0.3, 0.4) is 0 Å². The molecule has 140 valence electrons. The smallest absolute Gasteiger partial charge is 0.335 e. The lowest BCUT2D eigenvalue weighted by atomic mass is 10.0. The molecule has 2 heterocycles. The molecule has 0 aliphatic carbocycles. The molecule has 1 aromatic carbocycles. The minimum Gasteiger partial charge on any atom is -0.478 e. The molecule has 0 saturated carbocycles. The van der Waals surface area contributed by atoms with Crippen molar-refractivity contribution < 1.29 is 14.6 Å². The van der Waals surface area contributed by atoms with E-state index in [2.05, 4.69) is 33.7 Å². The number of hydrogen-bond donors (Lipinski definition) is 1. The molecular weight excluding hydrogens is 342 g/mol. The van der Waals surface area contributed by atoms with Crippen LogP contribution in [-0.4, -0.2) is 49.1 Å². The molecule has 0 unspecified atom stereocenters. The number of morpholine rings is 1. The topological polar surface area (TPSA) is 75.0 Å². The van der Waals surface area contributed by atoms with Gasteiger partial charge in [-0.05, 0) is 43.5 Å². The lowest BCUT2D eigenvalue weighted by Gasteiger charge is -2.28. The molecule has 2 aromatic rings. The Morgan fingerprint density at radius 1 is 1.37 bits per heavy atom. The number of anilines is 1. The van der Waals surface area contributed by atoms with Crippen LogP contribution >= 0.6 is 0 Å². The number of aliphatic carboxylic acids is 1. The monoisotopic (exact) mass is 365 g/mol. The zero-order valence-corrected chi connectivity index (χ0v) is 15.4. The Kier molecular flexibility index (Phi) is 5.98. The number of rotatable bonds is 6. The van der Waals surface area contributed by atoms with E-state index in [1.165, 1.54) is 0 Å². The molecule has 0 bridgehead atoms. The average Bonchev–Trinajstić information content (AvgIpc) is 2.70. The fourth-order valence-electron chi connectivity index (χ4n) is 3.08. The number of carboxylic acids is 1. The number of carboxylic acid groups (broad SMARTS) is 1. The molecule has 1 saturated heterocycles. The summed E-state index contributed by atoms with van der Waals surface area (Å²) in [6, 6.07) is 8.17. The third kappa shape index (κ3) is 4.60. The Balaban J connectivity index is 1.87. The fourth-order valence-corrected chi connectivity index (χ4v) is 3.08. The number of carbonyl (C=O) groups is 1. The molecule has 1 fully saturated rings. The first-order valence-electron chi connectivity index (χ1n) is 8.89. The van der Waals surface area contributed by atoms with Crippen molar-refractivity contribution in [2.45, 2.75) is 13.3 Å². The van der Waals surface area contributed by atoms with E-state index in [-0.39, 0.29) is 5.57 Å². The molecule has 1 aromatic heterocycles. The molecule has 27 heavy (non-hydrogen) atoms. The first-order valence-corrected chi connectivity index (χ1v) is 8.89. The van der Waals surface area contributed by atoms with E-state index in [1.54, 1.807) is 19.1 Å². The number of allylic oxidation sites excluding steroid dienone is 2. The van der Waals surface area contributed by atoms with Crippen LogP contribution < -0.4 is 4.90 Å². The molecule has 6 nitrogen and oxygen atoms in total. The van der Waals surface area contributed by atoms with Gasteiger partial charge in [-0.15, -0.1) is 0 Å². The van der Waals surface area contributed by atoms with Gasteiger partial charge in [-0.3, -0.25) is 9.98 Å². The Morgan fingerprint density at radius 2 is 2.15 bits per heavy atom. The van der Waals surface area contributed by atoms with E-state index in [0.717, 1.165) is 48.5 Å². The van der Waals surface area contributed by atoms with E-state index < -0.39 is 5.97 Å². The summed E-state index contributed by atoms with van der Waals surface area (Å²) in [6.45, 7) is 8.45. The molecule has 3 rings (SSSR count). The van der Waals surface area contributed by atoms with Gasteiger partial charge in [0.15, 0.2) is 0 Å². The highest BCUT2D eigenvalue weighted by Crippen LogP contribution is 2.23. The Morgan fingerprint density at radius 3 is 2.81 bits per heavy atom. The molecule has 1 N–H and O–H groups in total. The number of hydrogen-bond acceptors (Lipinski definition) is 5. The van der Waals surface area contributed by atoms with Crippen molar-refractivity contribution in [3.63, 3.8) is 0 Å². The highest BCUT2D eigenvalue weighted by Gasteiger charge is 2.12. The van der Waals surface area contributed by atoms with Crippen molar-refractivity contribution in [2.75, 3.05) is 31.2 Å². The van der Waals surface area contributed by atoms with Crippen LogP contribution in [0.4, 0.5) is 5.69 Å². The van der Waals surface area contributed by atoms with Crippen LogP contribution in [0.15, 0.2) is 58.9 Å². The minimum atomic E-state index is -0.975. The summed E-state index contributed by atoms with van der Waals surface area (Å²) in [5.74, 6) is -0.975. The van der Waals surface area contributed by atoms with Gasteiger partial charge >= 0.3 is 5.97 Å². The number of fused-ring (bicyclic) bond motifs is 1. The van der Waals surface area contributed by atoms with Crippen LogP contribution in [0, 0.1) is 0 Å². The maximum Gasteiger partial charge on any atom is 0.335 e. The highest BCUT2D eigenvalue weighted by atomic mass is 16.5. The standard InChI is InChI=1S/C21H23N3O3/c1-3-16(21(25)26)12-18(22-2)11-15-4-5-20-17(10-15)13-19(14-23-20)24-6-8-27-9-7-24/h3-5,10,12-14H,2,6-9,11H2,1H3,(H,25,26)/b16-3+,18-12-. The molecular formula is C21H23N3O3. The summed E-state index contributed by atoms with van der Waals surface area (Å²) in [5.41, 5.74) is 3.86. The van der Waals surface area contributed by atoms with E-state index in [4.69, 9.17) is 4.74 Å². The normalized spacial score (nSPS) is 15.8. The van der Waals surface area contributed by atoms with Crippen LogP contribution in [-0.2, 0) is 16.0 Å². The van der Waals surface area contributed by atoms with Crippen molar-refractivity contribution in [3.8, 4) is 0 Å². The quantitative estimate of drug-likeness (QED) is 0.483. The van der Waals surface area contributed by atoms with Crippen molar-refractivity contribution in [3.05, 3.63) is 59.4 Å². The van der Waals surface area contributed by atoms with E-state index in [9.17, 15) is 9.90 Å². The SMILES string of the molecule is C=N/C(=C\C(=C/C)C(=O)O)Cc1ccc2ncc(N3CCOCC3)cc2c1. The first kappa shape index (κ1) is 18.8. The molecule has 0 radical (unpaired) electrons. The third-order valence-electron chi connectivity index (χ3n) is 4.58. The summed E-state index contributed by atoms with van der Waals surface area (Å²) < 4.78 is 5.41. The van der Waals surface area contributed by atoms with Crippen molar-refractivity contribution in [1.29, 1.82) is 0 Å². The lowest BCUT2D eigenvalue weighted by Crippen LogP contribution is -2.36. The second kappa shape index (κ2) is 8.60. The summed E-state index contributed by atoms with van der Waals surface area (Å²) in [4.78, 5) is 22.0. The molecule has 0 amide bonds. The number of pyridine rings is 1. The number of aromatic nitrogens is 1. The van der Waals surface area contributed by atoms with Gasteiger partial charge in [0.2, 0.25) is 0 Å². The minimum absolute atomic E-state index is 0.203. The summed E-state index contributed by atoms with van der Waals surface area (Å²) >= 11 is 0. The second-order valence-electron chi connectivity index (χ2n) is 6.34. The predicted octanol–water partition coefficient (Wildman–Crippen LogP) is 3.23. The van der Waals surface area contributed by atoms with Gasteiger partial charge < -0.3 is 14.7 Å². The maximum absolute atomic E-state index is 11.2. The lowest BCUT2D eigenvalue weighted by molar-refractivity contribution is -0.132. The summed E-state index contributed by atoms with van der Waals surface area (Å²) in [5, 5.41) is 10.2. The van der Waals surface area contributed by atoms with Gasteiger partial charge in [0.05, 0.1) is 36.2 Å². The average molecular weight is 365 g/mol. The van der Waals surface area contributed by atoms with Gasteiger partial charge in [-0.25, -0.2) is 4.79 Å². The summed E-state index contributed by atoms with van der Waals surface area (Å²) in [7, 11) is 0. The van der Waals surface area contributed by atoms with Crippen molar-refractivity contribution >= 4 is 29.3 Å². The van der Waals surface area contributed by atoms with Gasteiger partial charge in [0, 0.05) is 30.6 Å². The van der Waals surface area contributed by atoms with E-state index in [0.29, 0.717) is 12.1 Å². The predicted molar refractivity (Wildman–Crippen MR) is 108 cm³/mol. The van der Waals surface area contributed by atoms with Crippen LogP contribution in [0.1, 0.15) is 12.5 Å². The van der Waals surface area contributed by atoms with Crippen LogP contribution in [0.2, 0.25) is 0 Å². The Hall–Kier alpha value is -2.99. The largest absolute Gasteiger partial charge is 0.478 e. The molecule has 1 aliphatic heterocycles. The number of benzene rings is 1. The molecule has 0 atom stereocenters. The first-order chi connectivity index (χ1) is 13.1. The fraction of sp³-hybridized carbons (Fsp3) is 0.286. The van der Waals surface area contributed by atoms with Crippen LogP contribution in [0.5, 0.6) is 0 Å². The maximum atomic E-state index is 11.2. The van der Waals surface area contributed by atoms with E-state index >= 15 is 0 Å². The number of ether oxygens (including phenoxy) is 1. The molecule has 0 spiro atoms. The Bertz CT molecular complexity index is 912. The zero-order valence-electron chi connectivity index (χ0n) is 15.4. The van der Waals surface area contributed by atoms with Gasteiger partial charge in [0.25, 0.3) is 0 Å². The third-order valence-corrected chi connectivity index (χ3v) is 4.58. The number of aliphatic imine (C=N–C) groups is 1. The van der Waals surface area contributed by atoms with E-state index in [1.807, 2.05) is 18.3 Å². The highest BCUT2D eigenvalue weighted by molar-refractivity contribution is 5.90. The van der Waals surface area contributed by atoms with Gasteiger partial charge in [-0.2, -0.15) is 0 Å². The van der Waals surface area contributed by atoms with Crippen molar-refractivity contribution in [1.82, 2.24) is 4.98 Å². The van der Waals surface area contributed by atoms with Gasteiger partial charge in [0.1, 0.15) is 0 Å². The van der Waals surface area contributed by atoms with Crippen molar-refractivity contribution in [2.24, 2.45) is 4.99 Å². The van der Waals surface area contributed by atoms with Crippen LogP contribution in [0.25, 0.3) is 10.9 Å². The Labute approximate surface area is 158 Å². The van der Waals surface area contributed by atoms with Gasteiger partial charge in [-0.1, -0.05) is 12.1 Å². The number of nitrogens with zero attached hydrogens (tertiary/aromatic N) is 3. The molecule has 1 aliphatic rings. The summed E-state index contributed by atoms with van der Waals surface area (Å²) in [6.07, 6.45) is 5.51. The second-order valence-corrected chi connectivity index (χ2v) is 6.34. The zero-order chi connectivity index (χ0) is 19.2.